The lowest BCUT2D eigenvalue weighted by Crippen LogP contribution is -2.29. The van der Waals surface area contributed by atoms with Crippen molar-refractivity contribution >= 4 is 22.5 Å². The molecule has 30 heavy (non-hydrogen) atoms. The zero-order valence-corrected chi connectivity index (χ0v) is 16.9. The molecule has 1 saturated heterocycles. The molecular formula is C23H24N6O. The van der Waals surface area contributed by atoms with Crippen LogP contribution in [0.5, 0.6) is 5.75 Å². The number of ether oxygens (including phenoxy) is 1. The van der Waals surface area contributed by atoms with E-state index >= 15 is 0 Å². The van der Waals surface area contributed by atoms with Gasteiger partial charge in [0.25, 0.3) is 0 Å². The third-order valence-corrected chi connectivity index (χ3v) is 5.55. The van der Waals surface area contributed by atoms with Gasteiger partial charge in [0.05, 0.1) is 30.6 Å². The summed E-state index contributed by atoms with van der Waals surface area (Å²) in [6, 6.07) is 14.5. The first-order chi connectivity index (χ1) is 14.8. The fraction of sp³-hybridized carbons (Fsp3) is 0.261. The molecule has 5 rings (SSSR count). The van der Waals surface area contributed by atoms with Crippen LogP contribution in [0.25, 0.3) is 22.0 Å². The first-order valence-electron chi connectivity index (χ1n) is 10.2. The van der Waals surface area contributed by atoms with Crippen molar-refractivity contribution in [1.82, 2.24) is 25.1 Å². The fourth-order valence-corrected chi connectivity index (χ4v) is 4.00. The molecule has 0 saturated carbocycles. The van der Waals surface area contributed by atoms with Crippen LogP contribution < -0.4 is 15.4 Å². The van der Waals surface area contributed by atoms with Gasteiger partial charge in [-0.05, 0) is 32.0 Å². The highest BCUT2D eigenvalue weighted by Crippen LogP contribution is 2.34. The van der Waals surface area contributed by atoms with Gasteiger partial charge >= 0.3 is 0 Å². The lowest BCUT2D eigenvalue weighted by atomic mass is 10.0. The second-order valence-corrected chi connectivity index (χ2v) is 7.45. The molecule has 2 aromatic carbocycles. The van der Waals surface area contributed by atoms with E-state index in [4.69, 9.17) is 9.72 Å². The van der Waals surface area contributed by atoms with E-state index in [1.807, 2.05) is 59.7 Å². The van der Waals surface area contributed by atoms with E-state index in [9.17, 15) is 0 Å². The molecule has 0 unspecified atom stereocenters. The van der Waals surface area contributed by atoms with Gasteiger partial charge in [-0.3, -0.25) is 4.68 Å². The molecule has 7 heteroatoms. The number of fused-ring (bicyclic) bond motifs is 1. The molecule has 7 nitrogen and oxygen atoms in total. The van der Waals surface area contributed by atoms with Gasteiger partial charge in [0.2, 0.25) is 5.95 Å². The zero-order valence-electron chi connectivity index (χ0n) is 16.9. The number of hydrogen-bond donors (Lipinski definition) is 2. The van der Waals surface area contributed by atoms with E-state index in [0.717, 1.165) is 59.4 Å². The summed E-state index contributed by atoms with van der Waals surface area (Å²) in [5.74, 6) is 1.37. The Morgan fingerprint density at radius 1 is 1.03 bits per heavy atom. The smallest absolute Gasteiger partial charge is 0.227 e. The number of methoxy groups -OCH3 is 1. The Balaban J connectivity index is 1.47. The highest BCUT2D eigenvalue weighted by atomic mass is 16.5. The van der Waals surface area contributed by atoms with Gasteiger partial charge in [-0.15, -0.1) is 0 Å². The van der Waals surface area contributed by atoms with Crippen LogP contribution in [-0.2, 0) is 0 Å². The van der Waals surface area contributed by atoms with E-state index < -0.39 is 0 Å². The quantitative estimate of drug-likeness (QED) is 0.524. The first-order valence-corrected chi connectivity index (χ1v) is 10.2. The largest absolute Gasteiger partial charge is 0.496 e. The molecule has 1 aliphatic rings. The summed E-state index contributed by atoms with van der Waals surface area (Å²) >= 11 is 0. The van der Waals surface area contributed by atoms with Gasteiger partial charge in [-0.2, -0.15) is 5.10 Å². The third kappa shape index (κ3) is 3.59. The van der Waals surface area contributed by atoms with Crippen LogP contribution >= 0.6 is 0 Å². The van der Waals surface area contributed by atoms with Crippen molar-refractivity contribution in [2.75, 3.05) is 25.5 Å². The van der Waals surface area contributed by atoms with Crippen LogP contribution in [0.15, 0.2) is 61.1 Å². The van der Waals surface area contributed by atoms with Crippen LogP contribution in [0.1, 0.15) is 18.9 Å². The number of nitrogens with one attached hydrogen (secondary N) is 2. The van der Waals surface area contributed by atoms with E-state index in [1.165, 1.54) is 0 Å². The van der Waals surface area contributed by atoms with Gasteiger partial charge in [0.1, 0.15) is 5.75 Å². The minimum atomic E-state index is 0.441. The monoisotopic (exact) mass is 400 g/mol. The molecule has 3 heterocycles. The molecule has 4 aromatic rings. The van der Waals surface area contributed by atoms with Gasteiger partial charge in [0, 0.05) is 28.9 Å². The van der Waals surface area contributed by atoms with Crippen molar-refractivity contribution in [2.45, 2.75) is 18.9 Å². The molecule has 0 radical (unpaired) electrons. The Hall–Kier alpha value is -3.45. The van der Waals surface area contributed by atoms with E-state index in [-0.39, 0.29) is 0 Å². The molecular weight excluding hydrogens is 376 g/mol. The Morgan fingerprint density at radius 3 is 2.73 bits per heavy atom. The summed E-state index contributed by atoms with van der Waals surface area (Å²) in [5, 5.41) is 12.2. The van der Waals surface area contributed by atoms with Crippen molar-refractivity contribution in [3.8, 4) is 16.9 Å². The summed E-state index contributed by atoms with van der Waals surface area (Å²) in [6.07, 6.45) is 7.91. The fourth-order valence-electron chi connectivity index (χ4n) is 4.00. The van der Waals surface area contributed by atoms with Crippen LogP contribution in [0, 0.1) is 0 Å². The minimum Gasteiger partial charge on any atom is -0.496 e. The molecule has 0 aliphatic carbocycles. The summed E-state index contributed by atoms with van der Waals surface area (Å²) in [6.45, 7) is 2.07. The Kier molecular flexibility index (Phi) is 5.03. The van der Waals surface area contributed by atoms with Crippen molar-refractivity contribution < 1.29 is 4.74 Å². The van der Waals surface area contributed by atoms with Crippen molar-refractivity contribution in [3.05, 3.63) is 61.1 Å². The number of anilines is 2. The highest BCUT2D eigenvalue weighted by molar-refractivity contribution is 5.95. The molecule has 1 fully saturated rings. The van der Waals surface area contributed by atoms with Gasteiger partial charge < -0.3 is 15.4 Å². The zero-order chi connectivity index (χ0) is 20.3. The van der Waals surface area contributed by atoms with Crippen molar-refractivity contribution in [1.29, 1.82) is 0 Å². The molecule has 0 atom stereocenters. The average Bonchev–Trinajstić information content (AvgIpc) is 3.28. The summed E-state index contributed by atoms with van der Waals surface area (Å²) in [5.41, 5.74) is 3.79. The molecule has 0 bridgehead atoms. The maximum Gasteiger partial charge on any atom is 0.227 e. The van der Waals surface area contributed by atoms with E-state index in [1.54, 1.807) is 7.11 Å². The molecule has 2 aromatic heterocycles. The molecule has 2 N–H and O–H groups in total. The first kappa shape index (κ1) is 18.6. The average molecular weight is 400 g/mol. The normalized spacial score (nSPS) is 14.7. The number of piperidine rings is 1. The van der Waals surface area contributed by atoms with E-state index in [0.29, 0.717) is 12.0 Å². The third-order valence-electron chi connectivity index (χ3n) is 5.55. The summed E-state index contributed by atoms with van der Waals surface area (Å²) < 4.78 is 7.61. The number of rotatable bonds is 5. The highest BCUT2D eigenvalue weighted by Gasteiger charge is 2.16. The minimum absolute atomic E-state index is 0.441. The molecule has 1 aliphatic heterocycles. The topological polar surface area (TPSA) is 76.9 Å². The Labute approximate surface area is 175 Å². The van der Waals surface area contributed by atoms with Crippen LogP contribution in [-0.4, -0.2) is 39.9 Å². The van der Waals surface area contributed by atoms with Gasteiger partial charge in [-0.25, -0.2) is 9.97 Å². The number of nitrogens with zero attached hydrogens (tertiary/aromatic N) is 4. The second-order valence-electron chi connectivity index (χ2n) is 7.45. The second kappa shape index (κ2) is 8.12. The lowest BCUT2D eigenvalue weighted by Gasteiger charge is -2.22. The van der Waals surface area contributed by atoms with E-state index in [2.05, 4.69) is 26.8 Å². The number of aromatic nitrogens is 4. The summed E-state index contributed by atoms with van der Waals surface area (Å²) in [4.78, 5) is 9.32. The molecule has 0 spiro atoms. The Morgan fingerprint density at radius 2 is 1.87 bits per heavy atom. The predicted molar refractivity (Wildman–Crippen MR) is 118 cm³/mol. The SMILES string of the molecule is COc1ccccc1-c1cccc2cnc(Nc3cnn(C4CCNCC4)c3)nc12. The Bertz CT molecular complexity index is 1170. The maximum absolute atomic E-state index is 5.56. The van der Waals surface area contributed by atoms with Gasteiger partial charge in [-0.1, -0.05) is 36.4 Å². The predicted octanol–water partition coefficient (Wildman–Crippen LogP) is 4.17. The van der Waals surface area contributed by atoms with Crippen LogP contribution in [0.4, 0.5) is 11.6 Å². The molecule has 0 amide bonds. The van der Waals surface area contributed by atoms with Gasteiger partial charge in [0.15, 0.2) is 0 Å². The lowest BCUT2D eigenvalue weighted by molar-refractivity contribution is 0.343. The maximum atomic E-state index is 5.56. The number of benzene rings is 2. The standard InChI is InChI=1S/C23H24N6O/c1-30-21-8-3-2-6-19(21)20-7-4-5-16-13-25-23(28-22(16)20)27-17-14-26-29(15-17)18-9-11-24-12-10-18/h2-8,13-15,18,24H,9-12H2,1H3,(H,25,27,28). The molecule has 152 valence electrons. The van der Waals surface area contributed by atoms with Crippen molar-refractivity contribution in [2.24, 2.45) is 0 Å². The number of hydrogen-bond acceptors (Lipinski definition) is 6. The van der Waals surface area contributed by atoms with Crippen LogP contribution in [0.3, 0.4) is 0 Å². The number of para-hydroxylation sites is 2. The van der Waals surface area contributed by atoms with Crippen molar-refractivity contribution in [3.63, 3.8) is 0 Å². The summed E-state index contributed by atoms with van der Waals surface area (Å²) in [7, 11) is 1.69. The van der Waals surface area contributed by atoms with Crippen LogP contribution in [0.2, 0.25) is 0 Å².